The molecule has 0 radical (unpaired) electrons. The molecule has 33 heavy (non-hydrogen) atoms. The van der Waals surface area contributed by atoms with Crippen LogP contribution in [0.15, 0.2) is 55.4 Å². The van der Waals surface area contributed by atoms with Crippen molar-refractivity contribution in [3.05, 3.63) is 69.5 Å². The zero-order valence-corrected chi connectivity index (χ0v) is 19.3. The maximum Gasteiger partial charge on any atom is 0.336 e. The largest absolute Gasteiger partial charge is 0.467 e. The first-order valence-corrected chi connectivity index (χ1v) is 12.6. The number of rotatable bonds is 6. The molecule has 0 amide bonds. The zero-order valence-electron chi connectivity index (χ0n) is 18.5. The molecule has 0 bridgehead atoms. The Morgan fingerprint density at radius 3 is 2.67 bits per heavy atom. The van der Waals surface area contributed by atoms with Gasteiger partial charge in [0.05, 0.1) is 12.8 Å². The number of nitrogens with zero attached hydrogens (tertiary/aromatic N) is 4. The monoisotopic (exact) mass is 462 g/mol. The van der Waals surface area contributed by atoms with E-state index in [0.717, 1.165) is 60.2 Å². The van der Waals surface area contributed by atoms with Crippen LogP contribution in [0.2, 0.25) is 0 Å². The molecule has 170 valence electrons. The van der Waals surface area contributed by atoms with Crippen molar-refractivity contribution in [2.45, 2.75) is 56.0 Å². The van der Waals surface area contributed by atoms with Gasteiger partial charge >= 0.3 is 5.63 Å². The smallest absolute Gasteiger partial charge is 0.336 e. The average molecular weight is 463 g/mol. The van der Waals surface area contributed by atoms with Crippen molar-refractivity contribution in [3.8, 4) is 0 Å². The van der Waals surface area contributed by atoms with E-state index in [4.69, 9.17) is 8.83 Å². The van der Waals surface area contributed by atoms with E-state index in [2.05, 4.69) is 31.8 Å². The van der Waals surface area contributed by atoms with Gasteiger partial charge in [0.2, 0.25) is 5.95 Å². The lowest BCUT2D eigenvalue weighted by molar-refractivity contribution is 0.479. The lowest BCUT2D eigenvalue weighted by atomic mass is 10.0. The van der Waals surface area contributed by atoms with Crippen LogP contribution in [-0.2, 0) is 25.1 Å². The lowest BCUT2D eigenvalue weighted by Gasteiger charge is -2.27. The summed E-state index contributed by atoms with van der Waals surface area (Å²) in [7, 11) is 0. The number of aromatic nitrogens is 3. The van der Waals surface area contributed by atoms with E-state index in [-0.39, 0.29) is 5.63 Å². The van der Waals surface area contributed by atoms with Gasteiger partial charge in [0.1, 0.15) is 11.3 Å². The van der Waals surface area contributed by atoms with Gasteiger partial charge in [0, 0.05) is 30.3 Å². The summed E-state index contributed by atoms with van der Waals surface area (Å²) in [4.78, 5) is 14.6. The van der Waals surface area contributed by atoms with Crippen LogP contribution in [0.5, 0.6) is 0 Å². The number of thioether (sulfide) groups is 1. The lowest BCUT2D eigenvalue weighted by Crippen LogP contribution is -2.32. The van der Waals surface area contributed by atoms with Crippen molar-refractivity contribution < 1.29 is 8.83 Å². The quantitative estimate of drug-likeness (QED) is 0.301. The molecule has 1 aliphatic carbocycles. The summed E-state index contributed by atoms with van der Waals surface area (Å²) < 4.78 is 13.3. The van der Waals surface area contributed by atoms with Crippen LogP contribution >= 0.6 is 11.8 Å². The summed E-state index contributed by atoms with van der Waals surface area (Å²) in [6.07, 6.45) is 8.61. The van der Waals surface area contributed by atoms with Crippen LogP contribution in [-0.4, -0.2) is 27.9 Å². The summed E-state index contributed by atoms with van der Waals surface area (Å²) in [5, 5.41) is 10.9. The van der Waals surface area contributed by atoms with E-state index in [1.165, 1.54) is 30.4 Å². The Labute approximate surface area is 195 Å². The van der Waals surface area contributed by atoms with Gasteiger partial charge < -0.3 is 13.7 Å². The topological polar surface area (TPSA) is 77.3 Å². The molecule has 8 heteroatoms. The molecule has 4 aromatic rings. The summed E-state index contributed by atoms with van der Waals surface area (Å²) in [5.41, 5.74) is 4.04. The van der Waals surface area contributed by atoms with Crippen molar-refractivity contribution in [1.82, 2.24) is 14.8 Å². The van der Waals surface area contributed by atoms with Crippen molar-refractivity contribution in [3.63, 3.8) is 0 Å². The van der Waals surface area contributed by atoms with E-state index in [0.29, 0.717) is 17.9 Å². The third-order valence-corrected chi connectivity index (χ3v) is 7.65. The highest BCUT2D eigenvalue weighted by Crippen LogP contribution is 2.32. The number of hydrogen-bond donors (Lipinski definition) is 0. The zero-order chi connectivity index (χ0) is 22.2. The Hall–Kier alpha value is -3.00. The Bertz CT molecular complexity index is 1340. The van der Waals surface area contributed by atoms with Crippen LogP contribution in [0.4, 0.5) is 5.95 Å². The molecule has 0 saturated carbocycles. The highest BCUT2D eigenvalue weighted by molar-refractivity contribution is 7.98. The number of piperidine rings is 1. The molecule has 0 unspecified atom stereocenters. The highest BCUT2D eigenvalue weighted by atomic mass is 32.2. The highest BCUT2D eigenvalue weighted by Gasteiger charge is 2.22. The second-order valence-electron chi connectivity index (χ2n) is 8.85. The minimum Gasteiger partial charge on any atom is -0.467 e. The third kappa shape index (κ3) is 4.08. The third-order valence-electron chi connectivity index (χ3n) is 6.63. The predicted octanol–water partition coefficient (Wildman–Crippen LogP) is 4.80. The van der Waals surface area contributed by atoms with Gasteiger partial charge in [-0.1, -0.05) is 11.8 Å². The first kappa shape index (κ1) is 20.6. The first-order chi connectivity index (χ1) is 16.2. The average Bonchev–Trinajstić information content (AvgIpc) is 3.58. The van der Waals surface area contributed by atoms with E-state index in [1.54, 1.807) is 24.1 Å². The Morgan fingerprint density at radius 2 is 1.85 bits per heavy atom. The molecule has 0 spiro atoms. The maximum absolute atomic E-state index is 12.3. The minimum atomic E-state index is -0.304. The van der Waals surface area contributed by atoms with Gasteiger partial charge in [-0.05, 0) is 79.5 Å². The molecule has 1 fully saturated rings. The molecule has 3 aromatic heterocycles. The summed E-state index contributed by atoms with van der Waals surface area (Å²) in [6, 6.07) is 9.77. The van der Waals surface area contributed by atoms with E-state index >= 15 is 0 Å². The number of fused-ring (bicyclic) bond motifs is 2. The van der Waals surface area contributed by atoms with Gasteiger partial charge in [-0.15, -0.1) is 10.2 Å². The Kier molecular flexibility index (Phi) is 5.46. The second-order valence-corrected chi connectivity index (χ2v) is 9.79. The number of aryl methyl sites for hydroxylation is 2. The van der Waals surface area contributed by atoms with Gasteiger partial charge in [-0.25, -0.2) is 4.79 Å². The fourth-order valence-electron chi connectivity index (χ4n) is 4.97. The molecule has 2 aliphatic rings. The summed E-state index contributed by atoms with van der Waals surface area (Å²) in [6.45, 7) is 2.58. The fourth-order valence-corrected chi connectivity index (χ4v) is 5.89. The van der Waals surface area contributed by atoms with Crippen LogP contribution < -0.4 is 10.5 Å². The van der Waals surface area contributed by atoms with Crippen molar-refractivity contribution in [2.75, 3.05) is 18.0 Å². The Morgan fingerprint density at radius 1 is 1.00 bits per heavy atom. The number of hydrogen-bond acceptors (Lipinski definition) is 7. The molecule has 1 saturated heterocycles. The van der Waals surface area contributed by atoms with Crippen LogP contribution in [0, 0.1) is 0 Å². The van der Waals surface area contributed by atoms with Crippen LogP contribution in [0.1, 0.15) is 48.1 Å². The summed E-state index contributed by atoms with van der Waals surface area (Å²) >= 11 is 1.60. The number of furan rings is 1. The van der Waals surface area contributed by atoms with E-state index in [9.17, 15) is 4.79 Å². The van der Waals surface area contributed by atoms with Crippen molar-refractivity contribution in [1.29, 1.82) is 0 Å². The molecule has 1 aliphatic heterocycles. The predicted molar refractivity (Wildman–Crippen MR) is 128 cm³/mol. The molecular weight excluding hydrogens is 436 g/mol. The Balaban J connectivity index is 1.33. The molecule has 0 atom stereocenters. The minimum absolute atomic E-state index is 0.304. The summed E-state index contributed by atoms with van der Waals surface area (Å²) in [5.74, 6) is 2.39. The van der Waals surface area contributed by atoms with Crippen LogP contribution in [0.3, 0.4) is 0 Å². The molecular formula is C25H26N4O3S. The van der Waals surface area contributed by atoms with Crippen molar-refractivity contribution >= 4 is 28.7 Å². The second kappa shape index (κ2) is 8.74. The van der Waals surface area contributed by atoms with Crippen molar-refractivity contribution in [2.24, 2.45) is 0 Å². The van der Waals surface area contributed by atoms with Gasteiger partial charge in [-0.3, -0.25) is 4.57 Å². The molecule has 4 heterocycles. The first-order valence-electron chi connectivity index (χ1n) is 11.7. The fraction of sp³-hybridized carbons (Fsp3) is 0.400. The molecule has 0 N–H and O–H groups in total. The van der Waals surface area contributed by atoms with E-state index in [1.807, 2.05) is 12.1 Å². The van der Waals surface area contributed by atoms with Crippen LogP contribution in [0.25, 0.3) is 11.0 Å². The SMILES string of the molecule is O=c1cc(CSc2nnc(N3CCCCC3)n2Cc2ccco2)c2cc3c(cc2o1)CCC3. The van der Waals surface area contributed by atoms with E-state index < -0.39 is 0 Å². The number of anilines is 1. The van der Waals surface area contributed by atoms with Gasteiger partial charge in [-0.2, -0.15) is 0 Å². The maximum atomic E-state index is 12.3. The van der Waals surface area contributed by atoms with Gasteiger partial charge in [0.25, 0.3) is 0 Å². The molecule has 6 rings (SSSR count). The number of benzene rings is 1. The molecule has 1 aromatic carbocycles. The standard InChI is InChI=1S/C25H26N4O3S/c30-23-14-19(21-12-17-6-4-7-18(17)13-22(21)32-23)16-33-25-27-26-24(28-9-2-1-3-10-28)29(25)15-20-8-5-11-31-20/h5,8,11-14H,1-4,6-7,9-10,15-16H2. The van der Waals surface area contributed by atoms with Gasteiger partial charge in [0.15, 0.2) is 5.16 Å². The normalized spacial score (nSPS) is 15.9. The molecule has 7 nitrogen and oxygen atoms in total.